The van der Waals surface area contributed by atoms with E-state index in [9.17, 15) is 0 Å². The third-order valence-corrected chi connectivity index (χ3v) is 4.75. The maximum Gasteiger partial charge on any atom is 0.224 e. The second-order valence-electron chi connectivity index (χ2n) is 6.94. The van der Waals surface area contributed by atoms with Crippen molar-refractivity contribution < 1.29 is 0 Å². The number of H-pyrrole nitrogens is 2. The third kappa shape index (κ3) is 3.73. The van der Waals surface area contributed by atoms with Gasteiger partial charge in [0.05, 0.1) is 22.7 Å². The molecule has 5 aromatic rings. The van der Waals surface area contributed by atoms with Crippen LogP contribution in [0.3, 0.4) is 0 Å². The standard InChI is InChI=1S/C21H20N8/c1-13-26-18-5-3-15(9-19(18)27-13)10-23-20-6-7-22-21(28-20)24-11-14-2-4-17-16(8-14)12-25-29-17/h2-9,12H,10-11H2,1H3,(H,25,29)(H,26,27)(H2,22,23,24,28). The first kappa shape index (κ1) is 17.2. The predicted molar refractivity (Wildman–Crippen MR) is 114 cm³/mol. The zero-order chi connectivity index (χ0) is 19.6. The summed E-state index contributed by atoms with van der Waals surface area (Å²) in [4.78, 5) is 16.6. The molecule has 3 heterocycles. The summed E-state index contributed by atoms with van der Waals surface area (Å²) < 4.78 is 0. The molecule has 0 aliphatic rings. The molecule has 29 heavy (non-hydrogen) atoms. The molecule has 0 atom stereocenters. The molecule has 3 aromatic heterocycles. The maximum absolute atomic E-state index is 4.55. The Kier molecular flexibility index (Phi) is 4.28. The van der Waals surface area contributed by atoms with Crippen LogP contribution < -0.4 is 10.6 Å². The van der Waals surface area contributed by atoms with Crippen LogP contribution in [0.2, 0.25) is 0 Å². The fraction of sp³-hybridized carbons (Fsp3) is 0.143. The molecule has 2 aromatic carbocycles. The van der Waals surface area contributed by atoms with Gasteiger partial charge >= 0.3 is 0 Å². The number of hydrogen-bond acceptors (Lipinski definition) is 6. The number of nitrogens with one attached hydrogen (secondary N) is 4. The second-order valence-corrected chi connectivity index (χ2v) is 6.94. The Hall–Kier alpha value is -3.94. The van der Waals surface area contributed by atoms with Crippen molar-refractivity contribution in [3.63, 3.8) is 0 Å². The summed E-state index contributed by atoms with van der Waals surface area (Å²) in [5.41, 5.74) is 5.35. The van der Waals surface area contributed by atoms with E-state index in [0.29, 0.717) is 19.0 Å². The van der Waals surface area contributed by atoms with Crippen LogP contribution in [0.5, 0.6) is 0 Å². The molecular weight excluding hydrogens is 364 g/mol. The largest absolute Gasteiger partial charge is 0.366 e. The highest BCUT2D eigenvalue weighted by Gasteiger charge is 2.04. The quantitative estimate of drug-likeness (QED) is 0.355. The first-order valence-electron chi connectivity index (χ1n) is 9.41. The topological polar surface area (TPSA) is 107 Å². The Morgan fingerprint density at radius 2 is 1.76 bits per heavy atom. The van der Waals surface area contributed by atoms with Gasteiger partial charge in [-0.05, 0) is 48.4 Å². The number of rotatable bonds is 6. The Morgan fingerprint density at radius 1 is 0.897 bits per heavy atom. The highest BCUT2D eigenvalue weighted by Crippen LogP contribution is 2.16. The minimum Gasteiger partial charge on any atom is -0.366 e. The number of nitrogens with zero attached hydrogens (tertiary/aromatic N) is 4. The molecule has 4 N–H and O–H groups in total. The summed E-state index contributed by atoms with van der Waals surface area (Å²) in [7, 11) is 0. The Labute approximate surface area is 166 Å². The number of imidazole rings is 1. The molecule has 144 valence electrons. The molecule has 0 aliphatic heterocycles. The van der Waals surface area contributed by atoms with Crippen molar-refractivity contribution >= 4 is 33.7 Å². The summed E-state index contributed by atoms with van der Waals surface area (Å²) in [6.45, 7) is 3.27. The van der Waals surface area contributed by atoms with Crippen LogP contribution in [0, 0.1) is 6.92 Å². The average Bonchev–Trinajstić information content (AvgIpc) is 3.35. The smallest absolute Gasteiger partial charge is 0.224 e. The highest BCUT2D eigenvalue weighted by molar-refractivity contribution is 5.78. The van der Waals surface area contributed by atoms with Crippen molar-refractivity contribution in [2.45, 2.75) is 20.0 Å². The third-order valence-electron chi connectivity index (χ3n) is 4.75. The molecule has 5 rings (SSSR count). The Balaban J connectivity index is 1.23. The Bertz CT molecular complexity index is 1290. The number of benzene rings is 2. The van der Waals surface area contributed by atoms with Crippen molar-refractivity contribution in [1.82, 2.24) is 30.1 Å². The molecule has 8 nitrogen and oxygen atoms in total. The van der Waals surface area contributed by atoms with Crippen molar-refractivity contribution in [3.8, 4) is 0 Å². The van der Waals surface area contributed by atoms with Gasteiger partial charge in [0.2, 0.25) is 5.95 Å². The molecule has 0 radical (unpaired) electrons. The van der Waals surface area contributed by atoms with Gasteiger partial charge in [0.15, 0.2) is 0 Å². The van der Waals surface area contributed by atoms with Crippen LogP contribution in [0.15, 0.2) is 54.9 Å². The molecule has 0 unspecified atom stereocenters. The van der Waals surface area contributed by atoms with E-state index in [1.807, 2.05) is 31.3 Å². The molecule has 0 amide bonds. The van der Waals surface area contributed by atoms with Crippen molar-refractivity contribution in [2.24, 2.45) is 0 Å². The normalized spacial score (nSPS) is 11.2. The van der Waals surface area contributed by atoms with Crippen LogP contribution in [-0.2, 0) is 13.1 Å². The van der Waals surface area contributed by atoms with E-state index in [1.165, 1.54) is 0 Å². The summed E-state index contributed by atoms with van der Waals surface area (Å²) >= 11 is 0. The predicted octanol–water partition coefficient (Wildman–Crippen LogP) is 3.76. The van der Waals surface area contributed by atoms with Crippen molar-refractivity contribution in [2.75, 3.05) is 10.6 Å². The fourth-order valence-electron chi connectivity index (χ4n) is 3.31. The molecular formula is C21H20N8. The van der Waals surface area contributed by atoms with Gasteiger partial charge in [0.1, 0.15) is 11.6 Å². The minimum atomic E-state index is 0.585. The van der Waals surface area contributed by atoms with Gasteiger partial charge < -0.3 is 15.6 Å². The molecule has 0 fully saturated rings. The molecule has 0 saturated heterocycles. The van der Waals surface area contributed by atoms with Crippen LogP contribution >= 0.6 is 0 Å². The maximum atomic E-state index is 4.55. The van der Waals surface area contributed by atoms with E-state index in [4.69, 9.17) is 0 Å². The molecule has 0 saturated carbocycles. The summed E-state index contributed by atoms with van der Waals surface area (Å²) in [5.74, 6) is 2.28. The number of aromatic nitrogens is 6. The number of hydrogen-bond donors (Lipinski definition) is 4. The van der Waals surface area contributed by atoms with E-state index in [-0.39, 0.29) is 0 Å². The van der Waals surface area contributed by atoms with E-state index in [2.05, 4.69) is 65.0 Å². The minimum absolute atomic E-state index is 0.585. The van der Waals surface area contributed by atoms with E-state index in [0.717, 1.165) is 44.7 Å². The zero-order valence-electron chi connectivity index (χ0n) is 15.9. The lowest BCUT2D eigenvalue weighted by Gasteiger charge is -2.09. The van der Waals surface area contributed by atoms with E-state index in [1.54, 1.807) is 6.20 Å². The monoisotopic (exact) mass is 384 g/mol. The van der Waals surface area contributed by atoms with Gasteiger partial charge in [-0.2, -0.15) is 10.1 Å². The summed E-state index contributed by atoms with van der Waals surface area (Å²) in [6.07, 6.45) is 3.57. The van der Waals surface area contributed by atoms with Gasteiger partial charge in [-0.1, -0.05) is 12.1 Å². The zero-order valence-corrected chi connectivity index (χ0v) is 15.9. The fourth-order valence-corrected chi connectivity index (χ4v) is 3.31. The molecule has 0 bridgehead atoms. The highest BCUT2D eigenvalue weighted by atomic mass is 15.1. The molecule has 0 spiro atoms. The average molecular weight is 384 g/mol. The van der Waals surface area contributed by atoms with Gasteiger partial charge in [-0.25, -0.2) is 9.97 Å². The molecule has 0 aliphatic carbocycles. The van der Waals surface area contributed by atoms with Gasteiger partial charge in [0, 0.05) is 24.7 Å². The second kappa shape index (κ2) is 7.23. The van der Waals surface area contributed by atoms with Gasteiger partial charge in [0.25, 0.3) is 0 Å². The van der Waals surface area contributed by atoms with Crippen LogP contribution in [0.1, 0.15) is 17.0 Å². The number of anilines is 2. The first-order valence-corrected chi connectivity index (χ1v) is 9.41. The van der Waals surface area contributed by atoms with Crippen LogP contribution in [-0.4, -0.2) is 30.1 Å². The molecule has 8 heteroatoms. The van der Waals surface area contributed by atoms with Gasteiger partial charge in [-0.3, -0.25) is 5.10 Å². The summed E-state index contributed by atoms with van der Waals surface area (Å²) in [6, 6.07) is 14.2. The van der Waals surface area contributed by atoms with Crippen LogP contribution in [0.4, 0.5) is 11.8 Å². The SMILES string of the molecule is Cc1nc2ccc(CNc3ccnc(NCc4ccc5[nH]ncc5c4)n3)cc2[nH]1. The lowest BCUT2D eigenvalue weighted by molar-refractivity contribution is 1.04. The number of aromatic amines is 2. The van der Waals surface area contributed by atoms with Crippen molar-refractivity contribution in [1.29, 1.82) is 0 Å². The number of aryl methyl sites for hydroxylation is 1. The Morgan fingerprint density at radius 3 is 2.72 bits per heavy atom. The van der Waals surface area contributed by atoms with Crippen molar-refractivity contribution in [3.05, 3.63) is 71.8 Å². The first-order chi connectivity index (χ1) is 14.2. The summed E-state index contributed by atoms with van der Waals surface area (Å²) in [5, 5.41) is 14.7. The van der Waals surface area contributed by atoms with E-state index < -0.39 is 0 Å². The lowest BCUT2D eigenvalue weighted by Crippen LogP contribution is -2.06. The van der Waals surface area contributed by atoms with Crippen LogP contribution in [0.25, 0.3) is 21.9 Å². The van der Waals surface area contributed by atoms with Gasteiger partial charge in [-0.15, -0.1) is 0 Å². The van der Waals surface area contributed by atoms with E-state index >= 15 is 0 Å². The number of fused-ring (bicyclic) bond motifs is 2. The lowest BCUT2D eigenvalue weighted by atomic mass is 10.1.